The van der Waals surface area contributed by atoms with E-state index in [9.17, 15) is 4.79 Å². The van der Waals surface area contributed by atoms with Crippen LogP contribution in [0, 0.1) is 0 Å². The van der Waals surface area contributed by atoms with Gasteiger partial charge in [0.1, 0.15) is 0 Å². The number of hydrogen-bond acceptors (Lipinski definition) is 5. The van der Waals surface area contributed by atoms with Crippen LogP contribution in [0.3, 0.4) is 0 Å². The minimum Gasteiger partial charge on any atom is -0.462 e. The fraction of sp³-hybridized carbons (Fsp3) is 0.300. The summed E-state index contributed by atoms with van der Waals surface area (Å²) in [4.78, 5) is 11.5. The number of rotatable bonds is 4. The molecule has 0 spiro atoms. The molecule has 1 aromatic carbocycles. The number of nitrogens with two attached hydrogens (primary N) is 1. The van der Waals surface area contributed by atoms with E-state index in [1.807, 2.05) is 0 Å². The molecule has 0 atom stereocenters. The highest BCUT2D eigenvalue weighted by Gasteiger charge is 2.14. The fourth-order valence-corrected chi connectivity index (χ4v) is 1.29. The molecule has 0 saturated heterocycles. The number of nitrogens with one attached hydrogen (secondary N) is 1. The lowest BCUT2D eigenvalue weighted by Gasteiger charge is -2.11. The Morgan fingerprint density at radius 3 is 2.87 bits per heavy atom. The molecule has 0 aliphatic heterocycles. The van der Waals surface area contributed by atoms with Crippen LogP contribution >= 0.6 is 0 Å². The van der Waals surface area contributed by atoms with E-state index >= 15 is 0 Å². The maximum atomic E-state index is 11.5. The SMILES string of the molecule is CCOC(=O)c1cccc(NN)c1CO. The van der Waals surface area contributed by atoms with E-state index in [4.69, 9.17) is 15.7 Å². The number of hydrogen-bond donors (Lipinski definition) is 3. The largest absolute Gasteiger partial charge is 0.462 e. The second-order valence-corrected chi connectivity index (χ2v) is 2.85. The molecular formula is C10H14N2O3. The van der Waals surface area contributed by atoms with E-state index in [-0.39, 0.29) is 6.61 Å². The summed E-state index contributed by atoms with van der Waals surface area (Å²) in [6.45, 7) is 1.75. The standard InChI is InChI=1S/C10H14N2O3/c1-2-15-10(14)7-4-3-5-9(12-11)8(7)6-13/h3-5,12-13H,2,6,11H2,1H3. The van der Waals surface area contributed by atoms with Crippen molar-refractivity contribution in [1.29, 1.82) is 0 Å². The Labute approximate surface area is 87.8 Å². The van der Waals surface area contributed by atoms with Gasteiger partial charge in [-0.05, 0) is 19.1 Å². The third-order valence-corrected chi connectivity index (χ3v) is 1.98. The molecule has 15 heavy (non-hydrogen) atoms. The minimum absolute atomic E-state index is 0.269. The third kappa shape index (κ3) is 2.45. The van der Waals surface area contributed by atoms with Gasteiger partial charge in [-0.2, -0.15) is 0 Å². The Balaban J connectivity index is 3.11. The molecule has 0 aliphatic carbocycles. The van der Waals surface area contributed by atoms with Crippen LogP contribution in [0.2, 0.25) is 0 Å². The summed E-state index contributed by atoms with van der Waals surface area (Å²) in [7, 11) is 0. The molecule has 5 nitrogen and oxygen atoms in total. The summed E-state index contributed by atoms with van der Waals surface area (Å²) in [5.41, 5.74) is 3.70. The zero-order valence-corrected chi connectivity index (χ0v) is 8.49. The van der Waals surface area contributed by atoms with Gasteiger partial charge < -0.3 is 15.3 Å². The Kier molecular flexibility index (Phi) is 4.08. The van der Waals surface area contributed by atoms with E-state index in [1.165, 1.54) is 0 Å². The highest BCUT2D eigenvalue weighted by molar-refractivity contribution is 5.92. The second kappa shape index (κ2) is 5.33. The predicted octanol–water partition coefficient (Wildman–Crippen LogP) is 0.641. The van der Waals surface area contributed by atoms with Gasteiger partial charge in [-0.1, -0.05) is 6.07 Å². The lowest BCUT2D eigenvalue weighted by atomic mass is 10.1. The van der Waals surface area contributed by atoms with E-state index in [0.29, 0.717) is 23.4 Å². The number of anilines is 1. The maximum absolute atomic E-state index is 11.5. The van der Waals surface area contributed by atoms with Gasteiger partial charge in [0.2, 0.25) is 0 Å². The van der Waals surface area contributed by atoms with Crippen LogP contribution in [-0.4, -0.2) is 17.7 Å². The molecule has 0 bridgehead atoms. The van der Waals surface area contributed by atoms with Crippen LogP contribution in [0.15, 0.2) is 18.2 Å². The molecule has 0 amide bonds. The first kappa shape index (κ1) is 11.5. The van der Waals surface area contributed by atoms with Crippen LogP contribution in [0.25, 0.3) is 0 Å². The van der Waals surface area contributed by atoms with Crippen molar-refractivity contribution in [2.75, 3.05) is 12.0 Å². The number of ether oxygens (including phenoxy) is 1. The van der Waals surface area contributed by atoms with Gasteiger partial charge in [-0.25, -0.2) is 4.79 Å². The van der Waals surface area contributed by atoms with Crippen molar-refractivity contribution >= 4 is 11.7 Å². The highest BCUT2D eigenvalue weighted by atomic mass is 16.5. The zero-order chi connectivity index (χ0) is 11.3. The van der Waals surface area contributed by atoms with Gasteiger partial charge in [0.05, 0.1) is 24.5 Å². The van der Waals surface area contributed by atoms with Crippen molar-refractivity contribution < 1.29 is 14.6 Å². The van der Waals surface area contributed by atoms with Crippen molar-refractivity contribution in [3.8, 4) is 0 Å². The van der Waals surface area contributed by atoms with Gasteiger partial charge >= 0.3 is 5.97 Å². The second-order valence-electron chi connectivity index (χ2n) is 2.85. The topological polar surface area (TPSA) is 84.6 Å². The van der Waals surface area contributed by atoms with Crippen molar-refractivity contribution in [2.24, 2.45) is 5.84 Å². The number of carbonyl (C=O) groups excluding carboxylic acids is 1. The number of aliphatic hydroxyl groups is 1. The monoisotopic (exact) mass is 210 g/mol. The molecule has 0 unspecified atom stereocenters. The van der Waals surface area contributed by atoms with Crippen LogP contribution in [0.4, 0.5) is 5.69 Å². The summed E-state index contributed by atoms with van der Waals surface area (Å²) in [6.07, 6.45) is 0. The molecule has 82 valence electrons. The Hall–Kier alpha value is -1.59. The average Bonchev–Trinajstić information content (AvgIpc) is 2.28. The molecule has 0 radical (unpaired) electrons. The highest BCUT2D eigenvalue weighted by Crippen LogP contribution is 2.19. The summed E-state index contributed by atoms with van der Waals surface area (Å²) >= 11 is 0. The van der Waals surface area contributed by atoms with Gasteiger partial charge in [0.15, 0.2) is 0 Å². The molecule has 0 saturated carbocycles. The van der Waals surface area contributed by atoms with E-state index < -0.39 is 5.97 Å². The first-order valence-corrected chi connectivity index (χ1v) is 4.61. The molecule has 1 aromatic rings. The van der Waals surface area contributed by atoms with Gasteiger partial charge in [0.25, 0.3) is 0 Å². The quantitative estimate of drug-likeness (QED) is 0.386. The Morgan fingerprint density at radius 1 is 1.60 bits per heavy atom. The Morgan fingerprint density at radius 2 is 2.33 bits per heavy atom. The van der Waals surface area contributed by atoms with Crippen LogP contribution in [-0.2, 0) is 11.3 Å². The normalized spacial score (nSPS) is 9.80. The molecule has 4 N–H and O–H groups in total. The lowest BCUT2D eigenvalue weighted by molar-refractivity contribution is 0.0523. The van der Waals surface area contributed by atoms with E-state index in [2.05, 4.69) is 5.43 Å². The number of esters is 1. The minimum atomic E-state index is -0.460. The third-order valence-electron chi connectivity index (χ3n) is 1.98. The number of aliphatic hydroxyl groups excluding tert-OH is 1. The lowest BCUT2D eigenvalue weighted by Crippen LogP contribution is -2.14. The molecule has 0 heterocycles. The first-order chi connectivity index (χ1) is 7.24. The number of carbonyl (C=O) groups is 1. The summed E-state index contributed by atoms with van der Waals surface area (Å²) < 4.78 is 4.85. The van der Waals surface area contributed by atoms with Gasteiger partial charge in [0, 0.05) is 5.56 Å². The summed E-state index contributed by atoms with van der Waals surface area (Å²) in [5, 5.41) is 9.14. The predicted molar refractivity (Wildman–Crippen MR) is 56.1 cm³/mol. The summed E-state index contributed by atoms with van der Waals surface area (Å²) in [6, 6.07) is 4.93. The average molecular weight is 210 g/mol. The molecule has 0 fully saturated rings. The fourth-order valence-electron chi connectivity index (χ4n) is 1.29. The molecule has 0 aliphatic rings. The van der Waals surface area contributed by atoms with Crippen molar-refractivity contribution in [3.05, 3.63) is 29.3 Å². The first-order valence-electron chi connectivity index (χ1n) is 4.61. The van der Waals surface area contributed by atoms with E-state index in [0.717, 1.165) is 0 Å². The van der Waals surface area contributed by atoms with Gasteiger partial charge in [-0.15, -0.1) is 0 Å². The van der Waals surface area contributed by atoms with E-state index in [1.54, 1.807) is 25.1 Å². The summed E-state index contributed by atoms with van der Waals surface area (Å²) in [5.74, 6) is 4.80. The van der Waals surface area contributed by atoms with Crippen LogP contribution in [0.1, 0.15) is 22.8 Å². The zero-order valence-electron chi connectivity index (χ0n) is 8.49. The van der Waals surface area contributed by atoms with Crippen LogP contribution in [0.5, 0.6) is 0 Å². The van der Waals surface area contributed by atoms with Crippen molar-refractivity contribution in [3.63, 3.8) is 0 Å². The van der Waals surface area contributed by atoms with Gasteiger partial charge in [-0.3, -0.25) is 5.84 Å². The van der Waals surface area contributed by atoms with Crippen molar-refractivity contribution in [1.82, 2.24) is 0 Å². The molecule has 0 aromatic heterocycles. The maximum Gasteiger partial charge on any atom is 0.338 e. The number of nitrogen functional groups attached to an aromatic ring is 1. The van der Waals surface area contributed by atoms with Crippen molar-refractivity contribution in [2.45, 2.75) is 13.5 Å². The number of hydrazine groups is 1. The number of benzene rings is 1. The molecule has 5 heteroatoms. The molecule has 1 rings (SSSR count). The smallest absolute Gasteiger partial charge is 0.338 e. The van der Waals surface area contributed by atoms with Crippen LogP contribution < -0.4 is 11.3 Å². The Bertz CT molecular complexity index is 353. The molecular weight excluding hydrogens is 196 g/mol.